The number of amides is 1. The van der Waals surface area contributed by atoms with Crippen molar-refractivity contribution in [3.8, 4) is 17.0 Å². The van der Waals surface area contributed by atoms with Crippen LogP contribution in [0, 0.1) is 0 Å². The third-order valence-corrected chi connectivity index (χ3v) is 7.43. The number of anilines is 1. The van der Waals surface area contributed by atoms with Gasteiger partial charge in [0, 0.05) is 37.8 Å². The van der Waals surface area contributed by atoms with Crippen LogP contribution in [0.25, 0.3) is 11.3 Å². The van der Waals surface area contributed by atoms with E-state index in [1.54, 1.807) is 14.0 Å². The minimum Gasteiger partial charge on any atom is -0.491 e. The molecule has 0 radical (unpaired) electrons. The highest BCUT2D eigenvalue weighted by Gasteiger charge is 2.37. The number of rotatable bonds is 9. The maximum Gasteiger partial charge on any atom is 0.411 e. The first-order valence-electron chi connectivity index (χ1n) is 11.2. The van der Waals surface area contributed by atoms with E-state index >= 15 is 0 Å². The SMILES string of the molecule is CCOC(=O)Nc1cc2c(cc1OCCCOC)S(=O)(=O)Cc1cc(C(=O)O)c(=O)n(C3CC3)c1-2. The molecule has 0 bridgehead atoms. The molecule has 1 aliphatic carbocycles. The quantitative estimate of drug-likeness (QED) is 0.489. The van der Waals surface area contributed by atoms with E-state index < -0.39 is 38.8 Å². The van der Waals surface area contributed by atoms with Crippen LogP contribution in [0.4, 0.5) is 10.5 Å². The van der Waals surface area contributed by atoms with Crippen LogP contribution in [0.15, 0.2) is 27.9 Å². The summed E-state index contributed by atoms with van der Waals surface area (Å²) in [5, 5.41) is 12.1. The van der Waals surface area contributed by atoms with Crippen LogP contribution in [0.5, 0.6) is 5.75 Å². The van der Waals surface area contributed by atoms with E-state index in [1.165, 1.54) is 16.7 Å². The van der Waals surface area contributed by atoms with Crippen molar-refractivity contribution in [2.45, 2.75) is 42.9 Å². The van der Waals surface area contributed by atoms with Crippen LogP contribution in [-0.4, -0.2) is 57.1 Å². The summed E-state index contributed by atoms with van der Waals surface area (Å²) in [4.78, 5) is 36.9. The molecule has 1 aromatic heterocycles. The lowest BCUT2D eigenvalue weighted by molar-refractivity contribution is 0.0694. The summed E-state index contributed by atoms with van der Waals surface area (Å²) in [7, 11) is -2.36. The number of nitrogens with zero attached hydrogens (tertiary/aromatic N) is 1. The molecule has 2 heterocycles. The highest BCUT2D eigenvalue weighted by atomic mass is 32.2. The van der Waals surface area contributed by atoms with Gasteiger partial charge in [0.05, 0.1) is 35.2 Å². The molecule has 0 atom stereocenters. The average Bonchev–Trinajstić information content (AvgIpc) is 3.62. The van der Waals surface area contributed by atoms with Crippen LogP contribution < -0.4 is 15.6 Å². The van der Waals surface area contributed by atoms with E-state index in [9.17, 15) is 27.9 Å². The van der Waals surface area contributed by atoms with Gasteiger partial charge in [-0.2, -0.15) is 0 Å². The molecule has 2 aliphatic rings. The van der Waals surface area contributed by atoms with Gasteiger partial charge in [-0.1, -0.05) is 0 Å². The van der Waals surface area contributed by atoms with Crippen LogP contribution in [0.2, 0.25) is 0 Å². The summed E-state index contributed by atoms with van der Waals surface area (Å²) in [5.41, 5.74) is -0.244. The van der Waals surface area contributed by atoms with Gasteiger partial charge < -0.3 is 23.9 Å². The Morgan fingerprint density at radius 1 is 1.20 bits per heavy atom. The van der Waals surface area contributed by atoms with E-state index in [-0.39, 0.29) is 46.7 Å². The highest BCUT2D eigenvalue weighted by Crippen LogP contribution is 2.46. The van der Waals surface area contributed by atoms with E-state index in [2.05, 4.69) is 5.32 Å². The molecule has 0 saturated heterocycles. The van der Waals surface area contributed by atoms with Crippen molar-refractivity contribution in [2.24, 2.45) is 0 Å². The number of carboxylic acid groups (broad SMARTS) is 1. The Morgan fingerprint density at radius 3 is 2.57 bits per heavy atom. The number of carboxylic acids is 1. The Labute approximate surface area is 201 Å². The second kappa shape index (κ2) is 9.70. The lowest BCUT2D eigenvalue weighted by Gasteiger charge is -2.26. The lowest BCUT2D eigenvalue weighted by atomic mass is 10.0. The molecule has 35 heavy (non-hydrogen) atoms. The smallest absolute Gasteiger partial charge is 0.411 e. The van der Waals surface area contributed by atoms with Crippen LogP contribution >= 0.6 is 0 Å². The fourth-order valence-electron chi connectivity index (χ4n) is 4.10. The maximum atomic E-state index is 13.2. The Bertz CT molecular complexity index is 1340. The van der Waals surface area contributed by atoms with Crippen molar-refractivity contribution in [2.75, 3.05) is 32.2 Å². The van der Waals surface area contributed by atoms with Gasteiger partial charge in [0.15, 0.2) is 9.84 Å². The van der Waals surface area contributed by atoms with Gasteiger partial charge in [0.1, 0.15) is 11.3 Å². The van der Waals surface area contributed by atoms with Gasteiger partial charge in [0.25, 0.3) is 5.56 Å². The Kier molecular flexibility index (Phi) is 6.86. The summed E-state index contributed by atoms with van der Waals surface area (Å²) in [6.45, 7) is 2.40. The van der Waals surface area contributed by atoms with Crippen LogP contribution in [0.3, 0.4) is 0 Å². The molecule has 12 heteroatoms. The molecule has 11 nitrogen and oxygen atoms in total. The third kappa shape index (κ3) is 4.89. The van der Waals surface area contributed by atoms with Crippen molar-refractivity contribution in [1.82, 2.24) is 4.57 Å². The van der Waals surface area contributed by atoms with Gasteiger partial charge >= 0.3 is 12.1 Å². The third-order valence-electron chi connectivity index (χ3n) is 5.74. The van der Waals surface area contributed by atoms with Crippen molar-refractivity contribution < 1.29 is 37.3 Å². The number of hydrogen-bond donors (Lipinski definition) is 2. The average molecular weight is 507 g/mol. The largest absolute Gasteiger partial charge is 0.491 e. The summed E-state index contributed by atoms with van der Waals surface area (Å²) >= 11 is 0. The molecule has 4 rings (SSSR count). The number of carbonyl (C=O) groups is 2. The molecule has 0 spiro atoms. The number of hydrogen-bond acceptors (Lipinski definition) is 8. The first-order chi connectivity index (χ1) is 16.7. The Morgan fingerprint density at radius 2 is 1.94 bits per heavy atom. The first-order valence-corrected chi connectivity index (χ1v) is 12.8. The number of fused-ring (bicyclic) bond motifs is 3. The number of sulfone groups is 1. The number of ether oxygens (including phenoxy) is 3. The fourth-order valence-corrected chi connectivity index (χ4v) is 5.67. The topological polar surface area (TPSA) is 150 Å². The minimum absolute atomic E-state index is 0.0574. The number of pyridine rings is 1. The van der Waals surface area contributed by atoms with Gasteiger partial charge in [-0.05, 0) is 37.5 Å². The van der Waals surface area contributed by atoms with Gasteiger partial charge in [-0.15, -0.1) is 0 Å². The molecule has 188 valence electrons. The number of methoxy groups -OCH3 is 1. The second-order valence-corrected chi connectivity index (χ2v) is 10.2. The van der Waals surface area contributed by atoms with Gasteiger partial charge in [0.2, 0.25) is 0 Å². The van der Waals surface area contributed by atoms with Gasteiger partial charge in [-0.25, -0.2) is 18.0 Å². The number of aromatic nitrogens is 1. The molecule has 2 aromatic rings. The molecule has 1 saturated carbocycles. The highest BCUT2D eigenvalue weighted by molar-refractivity contribution is 7.90. The predicted octanol–water partition coefficient (Wildman–Crippen LogP) is 2.82. The molecule has 1 amide bonds. The monoisotopic (exact) mass is 506 g/mol. The van der Waals surface area contributed by atoms with Crippen LogP contribution in [-0.2, 0) is 25.1 Å². The van der Waals surface area contributed by atoms with Crippen molar-refractivity contribution >= 4 is 27.6 Å². The van der Waals surface area contributed by atoms with Crippen molar-refractivity contribution in [3.05, 3.63) is 39.7 Å². The maximum absolute atomic E-state index is 13.2. The van der Waals surface area contributed by atoms with Crippen LogP contribution in [0.1, 0.15) is 48.1 Å². The minimum atomic E-state index is -3.90. The Hall–Kier alpha value is -3.38. The molecule has 1 fully saturated rings. The number of aromatic carboxylic acids is 1. The van der Waals surface area contributed by atoms with E-state index in [0.29, 0.717) is 31.6 Å². The van der Waals surface area contributed by atoms with E-state index in [4.69, 9.17) is 14.2 Å². The second-order valence-electron chi connectivity index (χ2n) is 8.29. The number of nitrogens with one attached hydrogen (secondary N) is 1. The summed E-state index contributed by atoms with van der Waals surface area (Å²) in [5.74, 6) is -1.75. The van der Waals surface area contributed by atoms with Crippen molar-refractivity contribution in [3.63, 3.8) is 0 Å². The molecule has 1 aromatic carbocycles. The summed E-state index contributed by atoms with van der Waals surface area (Å²) < 4.78 is 43.6. The fraction of sp³-hybridized carbons (Fsp3) is 0.435. The normalized spacial score (nSPS) is 15.6. The van der Waals surface area contributed by atoms with E-state index in [1.807, 2.05) is 0 Å². The zero-order valence-corrected chi connectivity index (χ0v) is 20.1. The molecular formula is C23H26N2O9S. The predicted molar refractivity (Wildman–Crippen MR) is 125 cm³/mol. The molecule has 0 unspecified atom stereocenters. The van der Waals surface area contributed by atoms with Gasteiger partial charge in [-0.3, -0.25) is 10.1 Å². The number of benzene rings is 1. The molecular weight excluding hydrogens is 480 g/mol. The van der Waals surface area contributed by atoms with E-state index in [0.717, 1.165) is 6.07 Å². The first kappa shape index (κ1) is 24.7. The molecule has 1 aliphatic heterocycles. The Balaban J connectivity index is 1.93. The zero-order valence-electron chi connectivity index (χ0n) is 19.3. The zero-order chi connectivity index (χ0) is 25.3. The summed E-state index contributed by atoms with van der Waals surface area (Å²) in [6, 6.07) is 3.67. The summed E-state index contributed by atoms with van der Waals surface area (Å²) in [6.07, 6.45) is 1.12. The molecule has 2 N–H and O–H groups in total. The standard InChI is InChI=1S/C23H26N2O9S/c1-3-33-23(29)24-17-10-15-19(11-18(17)34-8-4-7-32-2)35(30,31)12-13-9-16(22(27)28)21(26)25(20(13)15)14-5-6-14/h9-11,14H,3-8,12H2,1-2H3,(H,24,29)(H,27,28). The lowest BCUT2D eigenvalue weighted by Crippen LogP contribution is -2.31. The number of carbonyl (C=O) groups excluding carboxylic acids is 1. The van der Waals surface area contributed by atoms with Crippen molar-refractivity contribution in [1.29, 1.82) is 0 Å².